The molecule has 0 heterocycles. The number of hydrogen-bond donors (Lipinski definition) is 0. The van der Waals surface area contributed by atoms with Crippen LogP contribution >= 0.6 is 0 Å². The first-order valence-electron chi connectivity index (χ1n) is 7.91. The molecule has 1 aromatic carbocycles. The van der Waals surface area contributed by atoms with Gasteiger partial charge in [0.25, 0.3) is 0 Å². The van der Waals surface area contributed by atoms with Gasteiger partial charge in [-0.3, -0.25) is 0 Å². The van der Waals surface area contributed by atoms with Gasteiger partial charge in [-0.15, -0.1) is 0 Å². The largest absolute Gasteiger partial charge is 0.0870 e. The van der Waals surface area contributed by atoms with E-state index in [1.807, 2.05) is 0 Å². The van der Waals surface area contributed by atoms with Crippen molar-refractivity contribution in [1.29, 1.82) is 0 Å². The summed E-state index contributed by atoms with van der Waals surface area (Å²) >= 11 is 0. The third kappa shape index (κ3) is 5.61. The molecule has 0 aliphatic carbocycles. The summed E-state index contributed by atoms with van der Waals surface area (Å²) in [6, 6.07) is 10.7. The quantitative estimate of drug-likeness (QED) is 0.468. The van der Waals surface area contributed by atoms with E-state index in [4.69, 9.17) is 0 Å². The second-order valence-electron chi connectivity index (χ2n) is 5.10. The number of rotatable bonds is 8. The molecule has 0 unspecified atom stereocenters. The molecule has 0 aliphatic heterocycles. The van der Waals surface area contributed by atoms with Crippen molar-refractivity contribution in [2.45, 2.75) is 52.9 Å². The zero-order chi connectivity index (χ0) is 14.6. The molecule has 0 amide bonds. The lowest BCUT2D eigenvalue weighted by Crippen LogP contribution is -1.89. The van der Waals surface area contributed by atoms with E-state index in [1.165, 1.54) is 36.0 Å². The lowest BCUT2D eigenvalue weighted by atomic mass is 9.95. The van der Waals surface area contributed by atoms with Crippen LogP contribution in [0.3, 0.4) is 0 Å². The fraction of sp³-hybridized carbons (Fsp3) is 0.400. The van der Waals surface area contributed by atoms with Gasteiger partial charge in [-0.2, -0.15) is 0 Å². The van der Waals surface area contributed by atoms with Gasteiger partial charge in [-0.05, 0) is 42.9 Å². The van der Waals surface area contributed by atoms with E-state index in [0.29, 0.717) is 0 Å². The molecule has 20 heavy (non-hydrogen) atoms. The molecule has 0 bridgehead atoms. The molecular formula is C20H28. The SMILES string of the molecule is C\C=C/C(=C(/C=C/CCC)CCCC)c1ccccc1. The van der Waals surface area contributed by atoms with Crippen LogP contribution in [0.25, 0.3) is 5.57 Å². The molecule has 0 nitrogen and oxygen atoms in total. The Balaban J connectivity index is 3.15. The first-order chi connectivity index (χ1) is 9.83. The van der Waals surface area contributed by atoms with E-state index in [1.54, 1.807) is 0 Å². The van der Waals surface area contributed by atoms with E-state index in [0.717, 1.165) is 12.8 Å². The topological polar surface area (TPSA) is 0 Å². The Labute approximate surface area is 124 Å². The van der Waals surface area contributed by atoms with Gasteiger partial charge in [0.15, 0.2) is 0 Å². The minimum absolute atomic E-state index is 1.16. The molecule has 0 aromatic heterocycles. The third-order valence-electron chi connectivity index (χ3n) is 3.34. The Morgan fingerprint density at radius 3 is 2.35 bits per heavy atom. The summed E-state index contributed by atoms with van der Waals surface area (Å²) in [6.45, 7) is 6.57. The van der Waals surface area contributed by atoms with Crippen molar-refractivity contribution in [2.24, 2.45) is 0 Å². The van der Waals surface area contributed by atoms with Crippen LogP contribution < -0.4 is 0 Å². The number of hydrogen-bond acceptors (Lipinski definition) is 0. The Hall–Kier alpha value is -1.56. The normalized spacial score (nSPS) is 13.2. The maximum Gasteiger partial charge on any atom is -0.0155 e. The summed E-state index contributed by atoms with van der Waals surface area (Å²) in [4.78, 5) is 0. The van der Waals surface area contributed by atoms with Crippen LogP contribution in [0.5, 0.6) is 0 Å². The Bertz CT molecular complexity index is 446. The molecule has 0 fully saturated rings. The molecule has 0 N–H and O–H groups in total. The minimum Gasteiger partial charge on any atom is -0.0870 e. The van der Waals surface area contributed by atoms with Crippen molar-refractivity contribution >= 4 is 5.57 Å². The Morgan fingerprint density at radius 2 is 1.75 bits per heavy atom. The van der Waals surface area contributed by atoms with Gasteiger partial charge in [0.05, 0.1) is 0 Å². The van der Waals surface area contributed by atoms with E-state index in [9.17, 15) is 0 Å². The zero-order valence-corrected chi connectivity index (χ0v) is 13.2. The lowest BCUT2D eigenvalue weighted by molar-refractivity contribution is 0.798. The van der Waals surface area contributed by atoms with Crippen molar-refractivity contribution in [2.75, 3.05) is 0 Å². The average molecular weight is 268 g/mol. The molecule has 0 spiro atoms. The zero-order valence-electron chi connectivity index (χ0n) is 13.2. The fourth-order valence-electron chi connectivity index (χ4n) is 2.24. The van der Waals surface area contributed by atoms with Crippen LogP contribution in [0, 0.1) is 0 Å². The van der Waals surface area contributed by atoms with Crippen molar-refractivity contribution in [1.82, 2.24) is 0 Å². The van der Waals surface area contributed by atoms with Crippen LogP contribution in [0.1, 0.15) is 58.4 Å². The van der Waals surface area contributed by atoms with Crippen molar-refractivity contribution < 1.29 is 0 Å². The van der Waals surface area contributed by atoms with Crippen LogP contribution in [0.2, 0.25) is 0 Å². The molecule has 0 saturated carbocycles. The first kappa shape index (κ1) is 16.5. The summed E-state index contributed by atoms with van der Waals surface area (Å²) in [5.41, 5.74) is 4.15. The summed E-state index contributed by atoms with van der Waals surface area (Å²) in [7, 11) is 0. The molecule has 0 heteroatoms. The van der Waals surface area contributed by atoms with Crippen LogP contribution in [-0.4, -0.2) is 0 Å². The summed E-state index contributed by atoms with van der Waals surface area (Å²) in [6.07, 6.45) is 15.1. The van der Waals surface area contributed by atoms with Gasteiger partial charge in [0.2, 0.25) is 0 Å². The van der Waals surface area contributed by atoms with Gasteiger partial charge in [0.1, 0.15) is 0 Å². The fourth-order valence-corrected chi connectivity index (χ4v) is 2.24. The molecule has 1 rings (SSSR count). The highest BCUT2D eigenvalue weighted by molar-refractivity contribution is 5.78. The smallest absolute Gasteiger partial charge is 0.0155 e. The number of unbranched alkanes of at least 4 members (excludes halogenated alkanes) is 2. The number of allylic oxidation sites excluding steroid dienone is 6. The maximum absolute atomic E-state index is 2.33. The Morgan fingerprint density at radius 1 is 1.00 bits per heavy atom. The maximum atomic E-state index is 2.33. The third-order valence-corrected chi connectivity index (χ3v) is 3.34. The average Bonchev–Trinajstić information content (AvgIpc) is 2.50. The molecule has 0 aliphatic rings. The van der Waals surface area contributed by atoms with Crippen molar-refractivity contribution in [3.8, 4) is 0 Å². The highest BCUT2D eigenvalue weighted by Gasteiger charge is 2.04. The van der Waals surface area contributed by atoms with Gasteiger partial charge in [-0.1, -0.05) is 81.3 Å². The van der Waals surface area contributed by atoms with E-state index in [-0.39, 0.29) is 0 Å². The van der Waals surface area contributed by atoms with E-state index in [2.05, 4.69) is 75.4 Å². The van der Waals surface area contributed by atoms with Gasteiger partial charge >= 0.3 is 0 Å². The van der Waals surface area contributed by atoms with Crippen LogP contribution in [0.4, 0.5) is 0 Å². The predicted octanol–water partition coefficient (Wildman–Crippen LogP) is 6.56. The summed E-state index contributed by atoms with van der Waals surface area (Å²) < 4.78 is 0. The highest BCUT2D eigenvalue weighted by atomic mass is 14.1. The second kappa shape index (κ2) is 10.3. The van der Waals surface area contributed by atoms with Crippen molar-refractivity contribution in [3.63, 3.8) is 0 Å². The molecule has 0 saturated heterocycles. The molecular weight excluding hydrogens is 240 g/mol. The Kier molecular flexibility index (Phi) is 8.46. The predicted molar refractivity (Wildman–Crippen MR) is 91.7 cm³/mol. The van der Waals surface area contributed by atoms with Gasteiger partial charge in [-0.25, -0.2) is 0 Å². The number of benzene rings is 1. The molecule has 1 aromatic rings. The molecule has 0 atom stereocenters. The van der Waals surface area contributed by atoms with Crippen LogP contribution in [0.15, 0.2) is 60.2 Å². The van der Waals surface area contributed by atoms with Gasteiger partial charge in [0, 0.05) is 0 Å². The minimum atomic E-state index is 1.16. The summed E-state index contributed by atoms with van der Waals surface area (Å²) in [5, 5.41) is 0. The van der Waals surface area contributed by atoms with Crippen molar-refractivity contribution in [3.05, 3.63) is 65.8 Å². The van der Waals surface area contributed by atoms with Crippen LogP contribution in [-0.2, 0) is 0 Å². The molecule has 0 radical (unpaired) electrons. The first-order valence-corrected chi connectivity index (χ1v) is 7.91. The lowest BCUT2D eigenvalue weighted by Gasteiger charge is -2.10. The van der Waals surface area contributed by atoms with E-state index < -0.39 is 0 Å². The highest BCUT2D eigenvalue weighted by Crippen LogP contribution is 2.25. The standard InChI is InChI=1S/C20H28/c1-4-7-10-15-18(14-8-5-2)20(13-6-3)19-16-11-9-12-17-19/h6,9-13,15-17H,4-5,7-8,14H2,1-3H3/b13-6-,15-10+,20-18-. The summed E-state index contributed by atoms with van der Waals surface area (Å²) in [5.74, 6) is 0. The van der Waals surface area contributed by atoms with Gasteiger partial charge < -0.3 is 0 Å². The second-order valence-corrected chi connectivity index (χ2v) is 5.10. The van der Waals surface area contributed by atoms with E-state index >= 15 is 0 Å². The monoisotopic (exact) mass is 268 g/mol. The molecule has 108 valence electrons.